The highest BCUT2D eigenvalue weighted by Gasteiger charge is 2.24. The molecule has 5 nitrogen and oxygen atoms in total. The molecule has 21 heavy (non-hydrogen) atoms. The third-order valence-corrected chi connectivity index (χ3v) is 4.80. The molecule has 6 heteroatoms. The van der Waals surface area contributed by atoms with Gasteiger partial charge in [0.05, 0.1) is 11.5 Å². The van der Waals surface area contributed by atoms with Crippen LogP contribution in [0.1, 0.15) is 27.8 Å². The van der Waals surface area contributed by atoms with Crippen LogP contribution >= 0.6 is 11.8 Å². The summed E-state index contributed by atoms with van der Waals surface area (Å²) in [7, 11) is 0. The maximum atomic E-state index is 12.4. The van der Waals surface area contributed by atoms with E-state index in [2.05, 4.69) is 0 Å². The molecule has 0 aliphatic carbocycles. The van der Waals surface area contributed by atoms with E-state index in [4.69, 9.17) is 4.42 Å². The van der Waals surface area contributed by atoms with Gasteiger partial charge in [-0.15, -0.1) is 11.8 Å². The lowest BCUT2D eigenvalue weighted by Gasteiger charge is -2.19. The number of furan rings is 1. The van der Waals surface area contributed by atoms with Crippen LogP contribution in [0.2, 0.25) is 0 Å². The summed E-state index contributed by atoms with van der Waals surface area (Å²) in [5.74, 6) is 1.74. The second kappa shape index (κ2) is 6.22. The maximum absolute atomic E-state index is 12.4. The van der Waals surface area contributed by atoms with Crippen LogP contribution in [0.15, 0.2) is 47.3 Å². The normalized spacial score (nSPS) is 19.2. The lowest BCUT2D eigenvalue weighted by atomic mass is 10.2. The molecule has 0 saturated carbocycles. The SMILES string of the molecule is O=C(c1ccc[n+]([O-])c1)N1CCSC(c2ccco2)CC1. The molecule has 0 bridgehead atoms. The molecule has 0 aromatic carbocycles. The fraction of sp³-hybridized carbons (Fsp3) is 0.333. The molecule has 1 aliphatic heterocycles. The number of aromatic nitrogens is 1. The zero-order chi connectivity index (χ0) is 14.7. The van der Waals surface area contributed by atoms with Crippen molar-refractivity contribution >= 4 is 17.7 Å². The summed E-state index contributed by atoms with van der Waals surface area (Å²) in [6, 6.07) is 7.14. The summed E-state index contributed by atoms with van der Waals surface area (Å²) in [5, 5.41) is 11.6. The van der Waals surface area contributed by atoms with Crippen molar-refractivity contribution < 1.29 is 13.9 Å². The van der Waals surface area contributed by atoms with E-state index in [1.807, 2.05) is 17.0 Å². The minimum atomic E-state index is -0.0825. The first-order valence-corrected chi connectivity index (χ1v) is 7.92. The molecule has 2 aromatic rings. The summed E-state index contributed by atoms with van der Waals surface area (Å²) in [6.45, 7) is 1.36. The van der Waals surface area contributed by atoms with Crippen molar-refractivity contribution in [2.45, 2.75) is 11.7 Å². The second-order valence-electron chi connectivity index (χ2n) is 4.91. The quantitative estimate of drug-likeness (QED) is 0.630. The van der Waals surface area contributed by atoms with E-state index in [-0.39, 0.29) is 11.2 Å². The number of hydrogen-bond acceptors (Lipinski definition) is 4. The summed E-state index contributed by atoms with van der Waals surface area (Å²) in [4.78, 5) is 14.2. The number of amides is 1. The van der Waals surface area contributed by atoms with Gasteiger partial charge in [-0.25, -0.2) is 0 Å². The maximum Gasteiger partial charge on any atom is 0.259 e. The van der Waals surface area contributed by atoms with Gasteiger partial charge in [0, 0.05) is 24.9 Å². The molecule has 1 saturated heterocycles. The molecule has 1 fully saturated rings. The number of carbonyl (C=O) groups is 1. The Morgan fingerprint density at radius 1 is 1.38 bits per heavy atom. The van der Waals surface area contributed by atoms with Crippen molar-refractivity contribution in [3.8, 4) is 0 Å². The topological polar surface area (TPSA) is 60.4 Å². The second-order valence-corrected chi connectivity index (χ2v) is 6.22. The van der Waals surface area contributed by atoms with Gasteiger partial charge in [0.25, 0.3) is 5.91 Å². The number of carbonyl (C=O) groups excluding carboxylic acids is 1. The predicted molar refractivity (Wildman–Crippen MR) is 79.8 cm³/mol. The van der Waals surface area contributed by atoms with Gasteiger partial charge < -0.3 is 14.5 Å². The van der Waals surface area contributed by atoms with Crippen LogP contribution in [0, 0.1) is 5.21 Å². The number of nitrogens with zero attached hydrogens (tertiary/aromatic N) is 2. The minimum absolute atomic E-state index is 0.0825. The highest BCUT2D eigenvalue weighted by molar-refractivity contribution is 7.99. The van der Waals surface area contributed by atoms with Crippen LogP contribution in [0.5, 0.6) is 0 Å². The summed E-state index contributed by atoms with van der Waals surface area (Å²) in [6.07, 6.45) is 5.24. The van der Waals surface area contributed by atoms with Gasteiger partial charge in [0.1, 0.15) is 11.3 Å². The zero-order valence-electron chi connectivity index (χ0n) is 11.5. The van der Waals surface area contributed by atoms with Gasteiger partial charge in [-0.1, -0.05) is 0 Å². The van der Waals surface area contributed by atoms with Gasteiger partial charge >= 0.3 is 0 Å². The summed E-state index contributed by atoms with van der Waals surface area (Å²) in [5.41, 5.74) is 0.439. The Labute approximate surface area is 127 Å². The van der Waals surface area contributed by atoms with Crippen LogP contribution in [-0.2, 0) is 0 Å². The fourth-order valence-corrected chi connectivity index (χ4v) is 3.62. The Balaban J connectivity index is 1.69. The van der Waals surface area contributed by atoms with Crippen LogP contribution in [0.4, 0.5) is 0 Å². The molecule has 1 unspecified atom stereocenters. The van der Waals surface area contributed by atoms with E-state index in [9.17, 15) is 10.0 Å². The lowest BCUT2D eigenvalue weighted by Crippen LogP contribution is -2.35. The number of rotatable bonds is 2. The average Bonchev–Trinajstić information content (AvgIpc) is 2.91. The van der Waals surface area contributed by atoms with Crippen LogP contribution in [0.3, 0.4) is 0 Å². The lowest BCUT2D eigenvalue weighted by molar-refractivity contribution is -0.605. The molecule has 1 aliphatic rings. The molecule has 0 radical (unpaired) electrons. The van der Waals surface area contributed by atoms with Gasteiger partial charge in [-0.3, -0.25) is 4.79 Å². The van der Waals surface area contributed by atoms with E-state index in [0.29, 0.717) is 23.4 Å². The summed E-state index contributed by atoms with van der Waals surface area (Å²) < 4.78 is 6.11. The number of hydrogen-bond donors (Lipinski definition) is 0. The summed E-state index contributed by atoms with van der Waals surface area (Å²) >= 11 is 1.81. The van der Waals surface area contributed by atoms with Crippen molar-refractivity contribution in [2.24, 2.45) is 0 Å². The molecule has 3 rings (SSSR count). The van der Waals surface area contributed by atoms with Crippen LogP contribution in [-0.4, -0.2) is 29.6 Å². The highest BCUT2D eigenvalue weighted by Crippen LogP contribution is 2.34. The number of pyridine rings is 1. The van der Waals surface area contributed by atoms with Crippen LogP contribution in [0.25, 0.3) is 0 Å². The zero-order valence-corrected chi connectivity index (χ0v) is 12.3. The molecule has 1 atom stereocenters. The third kappa shape index (κ3) is 3.21. The predicted octanol–water partition coefficient (Wildman–Crippen LogP) is 2.23. The Bertz CT molecular complexity index is 615. The molecule has 0 spiro atoms. The van der Waals surface area contributed by atoms with E-state index in [1.165, 1.54) is 12.4 Å². The molecule has 2 aromatic heterocycles. The average molecular weight is 304 g/mol. The molecular formula is C15H16N2O3S. The van der Waals surface area contributed by atoms with Gasteiger partial charge in [0.2, 0.25) is 0 Å². The van der Waals surface area contributed by atoms with Crippen molar-refractivity contribution in [3.05, 3.63) is 59.5 Å². The first kappa shape index (κ1) is 14.0. The first-order valence-electron chi connectivity index (χ1n) is 6.87. The Hall–Kier alpha value is -1.95. The van der Waals surface area contributed by atoms with Crippen molar-refractivity contribution in [1.82, 2.24) is 4.90 Å². The minimum Gasteiger partial charge on any atom is -0.619 e. The highest BCUT2D eigenvalue weighted by atomic mass is 32.2. The third-order valence-electron chi connectivity index (χ3n) is 3.51. The number of thioether (sulfide) groups is 1. The van der Waals surface area contributed by atoms with Crippen molar-refractivity contribution in [1.29, 1.82) is 0 Å². The Morgan fingerprint density at radius 2 is 2.29 bits per heavy atom. The van der Waals surface area contributed by atoms with Crippen LogP contribution < -0.4 is 4.73 Å². The first-order chi connectivity index (χ1) is 10.2. The fourth-order valence-electron chi connectivity index (χ4n) is 2.44. The van der Waals surface area contributed by atoms with E-state index < -0.39 is 0 Å². The Morgan fingerprint density at radius 3 is 3.05 bits per heavy atom. The molecule has 1 amide bonds. The molecular weight excluding hydrogens is 288 g/mol. The largest absolute Gasteiger partial charge is 0.619 e. The molecule has 0 N–H and O–H groups in total. The molecule has 3 heterocycles. The van der Waals surface area contributed by atoms with Crippen molar-refractivity contribution in [3.63, 3.8) is 0 Å². The van der Waals surface area contributed by atoms with Gasteiger partial charge in [-0.2, -0.15) is 4.73 Å². The van der Waals surface area contributed by atoms with E-state index in [0.717, 1.165) is 17.9 Å². The Kier molecular flexibility index (Phi) is 4.15. The molecule has 110 valence electrons. The van der Waals surface area contributed by atoms with Crippen molar-refractivity contribution in [2.75, 3.05) is 18.8 Å². The van der Waals surface area contributed by atoms with E-state index in [1.54, 1.807) is 30.2 Å². The monoisotopic (exact) mass is 304 g/mol. The van der Waals surface area contributed by atoms with E-state index >= 15 is 0 Å². The smallest absolute Gasteiger partial charge is 0.259 e. The van der Waals surface area contributed by atoms with Gasteiger partial charge in [0.15, 0.2) is 12.4 Å². The standard InChI is InChI=1S/C15H16N2O3S/c18-15(12-3-1-6-17(19)11-12)16-7-5-14(21-10-8-16)13-4-2-9-20-13/h1-4,6,9,11,14H,5,7-8,10H2. The van der Waals surface area contributed by atoms with Gasteiger partial charge in [-0.05, 0) is 24.6 Å².